The fourth-order valence-corrected chi connectivity index (χ4v) is 1.66. The second-order valence-corrected chi connectivity index (χ2v) is 3.76. The average molecular weight is 253 g/mol. The van der Waals surface area contributed by atoms with Crippen LogP contribution in [0.5, 0.6) is 0 Å². The van der Waals surface area contributed by atoms with Crippen LogP contribution in [0, 0.1) is 11.3 Å². The van der Waals surface area contributed by atoms with Crippen LogP contribution in [0.25, 0.3) is 11.1 Å². The van der Waals surface area contributed by atoms with Gasteiger partial charge >= 0.3 is 5.69 Å². The van der Waals surface area contributed by atoms with Crippen molar-refractivity contribution in [3.8, 4) is 6.07 Å². The lowest BCUT2D eigenvalue weighted by atomic mass is 10.3. The summed E-state index contributed by atoms with van der Waals surface area (Å²) >= 11 is 0. The van der Waals surface area contributed by atoms with Gasteiger partial charge < -0.3 is 9.73 Å². The molecule has 7 nitrogen and oxygen atoms in total. The Labute approximate surface area is 106 Å². The monoisotopic (exact) mass is 253 g/mol. The molecule has 0 unspecified atom stereocenters. The molecule has 0 aliphatic rings. The minimum absolute atomic E-state index is 0.142. The SMILES string of the molecule is N#Cc1cc(Nc2ccc3ncoc3c2)nc(=O)[nH]1. The van der Waals surface area contributed by atoms with E-state index in [4.69, 9.17) is 9.68 Å². The normalized spacial score (nSPS) is 10.3. The first-order valence-electron chi connectivity index (χ1n) is 5.36. The summed E-state index contributed by atoms with van der Waals surface area (Å²) in [5.41, 5.74) is 1.61. The Morgan fingerprint density at radius 3 is 3.11 bits per heavy atom. The Hall–Kier alpha value is -3.14. The number of oxazole rings is 1. The number of anilines is 2. The Morgan fingerprint density at radius 2 is 2.26 bits per heavy atom. The molecule has 0 spiro atoms. The number of nitrogens with zero attached hydrogens (tertiary/aromatic N) is 3. The van der Waals surface area contributed by atoms with Crippen molar-refractivity contribution in [3.05, 3.63) is 46.8 Å². The van der Waals surface area contributed by atoms with E-state index in [1.165, 1.54) is 12.5 Å². The molecule has 0 bridgehead atoms. The third-order valence-corrected chi connectivity index (χ3v) is 2.47. The van der Waals surface area contributed by atoms with Crippen LogP contribution in [0.3, 0.4) is 0 Å². The second kappa shape index (κ2) is 4.27. The van der Waals surface area contributed by atoms with E-state index in [0.29, 0.717) is 17.1 Å². The summed E-state index contributed by atoms with van der Waals surface area (Å²) in [4.78, 5) is 21.3. The molecule has 7 heteroatoms. The molecule has 3 rings (SSSR count). The van der Waals surface area contributed by atoms with E-state index < -0.39 is 5.69 Å². The molecule has 0 aliphatic heterocycles. The summed E-state index contributed by atoms with van der Waals surface area (Å²) in [6, 6.07) is 8.59. The number of fused-ring (bicyclic) bond motifs is 1. The van der Waals surface area contributed by atoms with Crippen molar-refractivity contribution in [1.29, 1.82) is 5.26 Å². The molecule has 0 amide bonds. The predicted octanol–water partition coefficient (Wildman–Crippen LogP) is 1.53. The maximum Gasteiger partial charge on any atom is 0.347 e. The summed E-state index contributed by atoms with van der Waals surface area (Å²) < 4.78 is 5.17. The summed E-state index contributed by atoms with van der Waals surface area (Å²) in [7, 11) is 0. The van der Waals surface area contributed by atoms with E-state index in [1.807, 2.05) is 6.07 Å². The van der Waals surface area contributed by atoms with Gasteiger partial charge in [-0.05, 0) is 12.1 Å². The van der Waals surface area contributed by atoms with Crippen LogP contribution in [0.4, 0.5) is 11.5 Å². The molecule has 1 aromatic carbocycles. The third-order valence-electron chi connectivity index (χ3n) is 2.47. The van der Waals surface area contributed by atoms with Gasteiger partial charge in [0, 0.05) is 17.8 Å². The number of aromatic amines is 1. The number of H-pyrrole nitrogens is 1. The average Bonchev–Trinajstić information content (AvgIpc) is 2.85. The number of hydrogen-bond donors (Lipinski definition) is 2. The van der Waals surface area contributed by atoms with Crippen molar-refractivity contribution in [2.45, 2.75) is 0 Å². The molecule has 92 valence electrons. The van der Waals surface area contributed by atoms with Gasteiger partial charge in [0.05, 0.1) is 0 Å². The van der Waals surface area contributed by atoms with Gasteiger partial charge in [0.1, 0.15) is 23.1 Å². The van der Waals surface area contributed by atoms with E-state index in [0.717, 1.165) is 5.52 Å². The summed E-state index contributed by atoms with van der Waals surface area (Å²) in [5, 5.41) is 11.7. The van der Waals surface area contributed by atoms with Gasteiger partial charge in [0.2, 0.25) is 0 Å². The van der Waals surface area contributed by atoms with Gasteiger partial charge in [0.25, 0.3) is 0 Å². The quantitative estimate of drug-likeness (QED) is 0.717. The minimum atomic E-state index is -0.581. The Kier molecular flexibility index (Phi) is 2.47. The van der Waals surface area contributed by atoms with E-state index in [9.17, 15) is 4.79 Å². The molecule has 19 heavy (non-hydrogen) atoms. The predicted molar refractivity (Wildman–Crippen MR) is 66.9 cm³/mol. The molecule has 0 saturated carbocycles. The molecule has 0 fully saturated rings. The van der Waals surface area contributed by atoms with Crippen LogP contribution in [-0.2, 0) is 0 Å². The van der Waals surface area contributed by atoms with Crippen LogP contribution in [0.2, 0.25) is 0 Å². The van der Waals surface area contributed by atoms with Crippen molar-refractivity contribution >= 4 is 22.6 Å². The lowest BCUT2D eigenvalue weighted by Crippen LogP contribution is -2.13. The molecule has 2 heterocycles. The number of nitrogens with one attached hydrogen (secondary N) is 2. The standard InChI is InChI=1S/C12H7N5O2/c13-5-8-4-11(17-12(18)16-8)15-7-1-2-9-10(3-7)19-6-14-9/h1-4,6H,(H2,15,16,17,18). The van der Waals surface area contributed by atoms with E-state index >= 15 is 0 Å². The lowest BCUT2D eigenvalue weighted by Gasteiger charge is -2.04. The highest BCUT2D eigenvalue weighted by molar-refractivity contribution is 5.78. The smallest absolute Gasteiger partial charge is 0.347 e. The molecule has 0 radical (unpaired) electrons. The Morgan fingerprint density at radius 1 is 1.37 bits per heavy atom. The van der Waals surface area contributed by atoms with Gasteiger partial charge in [-0.15, -0.1) is 0 Å². The molecule has 0 atom stereocenters. The van der Waals surface area contributed by atoms with E-state index in [1.54, 1.807) is 18.2 Å². The maximum absolute atomic E-state index is 11.2. The highest BCUT2D eigenvalue weighted by Gasteiger charge is 2.03. The minimum Gasteiger partial charge on any atom is -0.443 e. The molecule has 2 N–H and O–H groups in total. The van der Waals surface area contributed by atoms with Crippen molar-refractivity contribution in [2.75, 3.05) is 5.32 Å². The Balaban J connectivity index is 1.98. The van der Waals surface area contributed by atoms with Gasteiger partial charge in [-0.1, -0.05) is 0 Å². The van der Waals surface area contributed by atoms with Gasteiger partial charge in [-0.2, -0.15) is 10.2 Å². The first-order chi connectivity index (χ1) is 9.24. The second-order valence-electron chi connectivity index (χ2n) is 3.76. The van der Waals surface area contributed by atoms with E-state index in [-0.39, 0.29) is 5.69 Å². The fourth-order valence-electron chi connectivity index (χ4n) is 1.66. The van der Waals surface area contributed by atoms with E-state index in [2.05, 4.69) is 20.3 Å². The maximum atomic E-state index is 11.2. The van der Waals surface area contributed by atoms with Crippen molar-refractivity contribution < 1.29 is 4.42 Å². The Bertz CT molecular complexity index is 843. The van der Waals surface area contributed by atoms with Crippen LogP contribution in [0.1, 0.15) is 5.69 Å². The van der Waals surface area contributed by atoms with Crippen LogP contribution >= 0.6 is 0 Å². The molecular weight excluding hydrogens is 246 g/mol. The largest absolute Gasteiger partial charge is 0.443 e. The lowest BCUT2D eigenvalue weighted by molar-refractivity contribution is 0.602. The van der Waals surface area contributed by atoms with Crippen LogP contribution in [-0.4, -0.2) is 15.0 Å². The zero-order valence-electron chi connectivity index (χ0n) is 9.54. The molecular formula is C12H7N5O2. The van der Waals surface area contributed by atoms with Crippen LogP contribution < -0.4 is 11.0 Å². The zero-order chi connectivity index (χ0) is 13.2. The summed E-state index contributed by atoms with van der Waals surface area (Å²) in [5.74, 6) is 0.291. The molecule has 0 saturated heterocycles. The van der Waals surface area contributed by atoms with Gasteiger partial charge in [-0.25, -0.2) is 9.78 Å². The first kappa shape index (κ1) is 11.0. The summed E-state index contributed by atoms with van der Waals surface area (Å²) in [6.07, 6.45) is 1.35. The third kappa shape index (κ3) is 2.14. The topological polar surface area (TPSA) is 108 Å². The van der Waals surface area contributed by atoms with Crippen molar-refractivity contribution in [3.63, 3.8) is 0 Å². The first-order valence-corrected chi connectivity index (χ1v) is 5.36. The number of rotatable bonds is 2. The molecule has 2 aromatic heterocycles. The number of nitriles is 1. The summed E-state index contributed by atoms with van der Waals surface area (Å²) in [6.45, 7) is 0. The number of benzene rings is 1. The molecule has 3 aromatic rings. The highest BCUT2D eigenvalue weighted by atomic mass is 16.3. The number of aromatic nitrogens is 3. The van der Waals surface area contributed by atoms with Gasteiger partial charge in [-0.3, -0.25) is 4.98 Å². The van der Waals surface area contributed by atoms with Crippen LogP contribution in [0.15, 0.2) is 39.9 Å². The van der Waals surface area contributed by atoms with Gasteiger partial charge in [0.15, 0.2) is 12.0 Å². The number of hydrogen-bond acceptors (Lipinski definition) is 6. The highest BCUT2D eigenvalue weighted by Crippen LogP contribution is 2.20. The molecule has 0 aliphatic carbocycles. The fraction of sp³-hybridized carbons (Fsp3) is 0. The zero-order valence-corrected chi connectivity index (χ0v) is 9.54. The van der Waals surface area contributed by atoms with Crippen molar-refractivity contribution in [2.24, 2.45) is 0 Å². The van der Waals surface area contributed by atoms with Crippen molar-refractivity contribution in [1.82, 2.24) is 15.0 Å².